The Balaban J connectivity index is 2.58. The molecule has 1 aliphatic heterocycles. The molecule has 0 bridgehead atoms. The molecule has 0 saturated carbocycles. The summed E-state index contributed by atoms with van der Waals surface area (Å²) in [6.07, 6.45) is 1.98. The Bertz CT molecular complexity index is 417. The van der Waals surface area contributed by atoms with E-state index < -0.39 is 17.7 Å². The minimum Gasteiger partial charge on any atom is -0.469 e. The first kappa shape index (κ1) is 18.3. The number of piperidine rings is 1. The second-order valence-electron chi connectivity index (χ2n) is 6.30. The fourth-order valence-corrected chi connectivity index (χ4v) is 2.25. The van der Waals surface area contributed by atoms with Crippen LogP contribution in [0.4, 0.5) is 4.79 Å². The van der Waals surface area contributed by atoms with Crippen molar-refractivity contribution in [1.82, 2.24) is 10.2 Å². The van der Waals surface area contributed by atoms with Crippen molar-refractivity contribution in [3.05, 3.63) is 0 Å². The first-order valence-corrected chi connectivity index (χ1v) is 7.59. The Morgan fingerprint density at radius 2 is 1.91 bits per heavy atom. The Labute approximate surface area is 131 Å². The highest BCUT2D eigenvalue weighted by molar-refractivity contribution is 5.86. The van der Waals surface area contributed by atoms with Crippen LogP contribution in [0.5, 0.6) is 0 Å². The molecule has 22 heavy (non-hydrogen) atoms. The van der Waals surface area contributed by atoms with Gasteiger partial charge in [-0.25, -0.2) is 4.79 Å². The summed E-state index contributed by atoms with van der Waals surface area (Å²) in [7, 11) is 1.30. The first-order valence-electron chi connectivity index (χ1n) is 7.59. The molecule has 0 radical (unpaired) electrons. The van der Waals surface area contributed by atoms with Gasteiger partial charge in [0.2, 0.25) is 5.91 Å². The number of amides is 2. The van der Waals surface area contributed by atoms with Crippen LogP contribution >= 0.6 is 0 Å². The lowest BCUT2D eigenvalue weighted by molar-refractivity contribution is -0.140. The first-order chi connectivity index (χ1) is 10.2. The highest BCUT2D eigenvalue weighted by Crippen LogP contribution is 2.20. The van der Waals surface area contributed by atoms with Crippen molar-refractivity contribution in [2.24, 2.45) is 0 Å². The van der Waals surface area contributed by atoms with Gasteiger partial charge in [-0.2, -0.15) is 0 Å². The van der Waals surface area contributed by atoms with Crippen LogP contribution in [0.15, 0.2) is 0 Å². The monoisotopic (exact) mass is 314 g/mol. The number of nitrogens with zero attached hydrogens (tertiary/aromatic N) is 1. The van der Waals surface area contributed by atoms with Crippen LogP contribution < -0.4 is 5.32 Å². The highest BCUT2D eigenvalue weighted by atomic mass is 16.6. The zero-order chi connectivity index (χ0) is 16.8. The van der Waals surface area contributed by atoms with Crippen LogP contribution in [0.25, 0.3) is 0 Å². The Kier molecular flexibility index (Phi) is 6.64. The lowest BCUT2D eigenvalue weighted by Gasteiger charge is -2.35. The van der Waals surface area contributed by atoms with Gasteiger partial charge in [0, 0.05) is 13.1 Å². The molecule has 2 amide bonds. The molecule has 1 saturated heterocycles. The third-order valence-corrected chi connectivity index (χ3v) is 3.29. The minimum absolute atomic E-state index is 0.112. The average Bonchev–Trinajstić information content (AvgIpc) is 2.45. The molecule has 1 N–H and O–H groups in total. The molecule has 126 valence electrons. The smallest absolute Gasteiger partial charge is 0.410 e. The summed E-state index contributed by atoms with van der Waals surface area (Å²) in [5.41, 5.74) is -0.597. The highest BCUT2D eigenvalue weighted by Gasteiger charge is 2.34. The number of rotatable bonds is 4. The topological polar surface area (TPSA) is 84.9 Å². The van der Waals surface area contributed by atoms with Crippen molar-refractivity contribution >= 4 is 18.0 Å². The number of carbonyl (C=O) groups excluding carboxylic acids is 3. The van der Waals surface area contributed by atoms with E-state index in [9.17, 15) is 14.4 Å². The van der Waals surface area contributed by atoms with E-state index in [1.807, 2.05) is 0 Å². The maximum Gasteiger partial charge on any atom is 0.410 e. The maximum atomic E-state index is 12.2. The summed E-state index contributed by atoms with van der Waals surface area (Å²) < 4.78 is 9.87. The quantitative estimate of drug-likeness (QED) is 0.794. The number of nitrogens with one attached hydrogen (secondary N) is 1. The maximum absolute atomic E-state index is 12.2. The van der Waals surface area contributed by atoms with Gasteiger partial charge in [0.25, 0.3) is 0 Å². The molecule has 7 nitrogen and oxygen atoms in total. The van der Waals surface area contributed by atoms with Gasteiger partial charge in [-0.3, -0.25) is 14.5 Å². The Hall–Kier alpha value is -1.79. The van der Waals surface area contributed by atoms with Crippen LogP contribution in [0, 0.1) is 0 Å². The van der Waals surface area contributed by atoms with Gasteiger partial charge in [-0.05, 0) is 40.0 Å². The summed E-state index contributed by atoms with van der Waals surface area (Å²) in [6, 6.07) is -0.541. The molecule has 7 heteroatoms. The van der Waals surface area contributed by atoms with Gasteiger partial charge in [0.05, 0.1) is 13.5 Å². The fourth-order valence-electron chi connectivity index (χ4n) is 2.25. The summed E-state index contributed by atoms with van der Waals surface area (Å²) in [4.78, 5) is 37.0. The molecule has 0 spiro atoms. The van der Waals surface area contributed by atoms with E-state index in [0.29, 0.717) is 13.0 Å². The molecule has 1 aliphatic rings. The number of esters is 1. The van der Waals surface area contributed by atoms with Gasteiger partial charge < -0.3 is 14.8 Å². The third kappa shape index (κ3) is 5.91. The van der Waals surface area contributed by atoms with E-state index >= 15 is 0 Å². The number of likely N-dealkylation sites (tertiary alicyclic amines) is 1. The molecular formula is C15H26N2O5. The molecule has 1 rings (SSSR count). The number of carbonyl (C=O) groups is 3. The van der Waals surface area contributed by atoms with Gasteiger partial charge in [0.15, 0.2) is 0 Å². The molecule has 0 aromatic carbocycles. The van der Waals surface area contributed by atoms with Gasteiger partial charge in [0.1, 0.15) is 11.6 Å². The Morgan fingerprint density at radius 3 is 2.50 bits per heavy atom. The largest absolute Gasteiger partial charge is 0.469 e. The zero-order valence-corrected chi connectivity index (χ0v) is 13.8. The van der Waals surface area contributed by atoms with Crippen LogP contribution in [-0.4, -0.2) is 54.7 Å². The van der Waals surface area contributed by atoms with E-state index in [1.165, 1.54) is 12.0 Å². The van der Waals surface area contributed by atoms with Gasteiger partial charge in [-0.15, -0.1) is 0 Å². The second-order valence-corrected chi connectivity index (χ2v) is 6.30. The van der Waals surface area contributed by atoms with Crippen molar-refractivity contribution in [2.45, 2.75) is 58.1 Å². The number of hydrogen-bond acceptors (Lipinski definition) is 5. The second kappa shape index (κ2) is 8.00. The summed E-state index contributed by atoms with van der Waals surface area (Å²) in [5.74, 6) is -0.637. The molecule has 0 aromatic rings. The van der Waals surface area contributed by atoms with Crippen molar-refractivity contribution < 1.29 is 23.9 Å². The molecule has 1 unspecified atom stereocenters. The molecule has 1 fully saturated rings. The molecule has 0 aromatic heterocycles. The van der Waals surface area contributed by atoms with Gasteiger partial charge in [-0.1, -0.05) is 0 Å². The average molecular weight is 314 g/mol. The summed E-state index contributed by atoms with van der Waals surface area (Å²) in [6.45, 7) is 6.08. The molecule has 1 heterocycles. The predicted molar refractivity (Wildman–Crippen MR) is 80.2 cm³/mol. The minimum atomic E-state index is -0.597. The van der Waals surface area contributed by atoms with Crippen LogP contribution in [0.2, 0.25) is 0 Å². The molecule has 1 atom stereocenters. The van der Waals surface area contributed by atoms with Crippen molar-refractivity contribution in [3.63, 3.8) is 0 Å². The van der Waals surface area contributed by atoms with Crippen molar-refractivity contribution in [3.8, 4) is 0 Å². The summed E-state index contributed by atoms with van der Waals surface area (Å²) in [5, 5.41) is 2.68. The van der Waals surface area contributed by atoms with E-state index in [-0.39, 0.29) is 24.8 Å². The summed E-state index contributed by atoms with van der Waals surface area (Å²) >= 11 is 0. The number of ether oxygens (including phenoxy) is 2. The van der Waals surface area contributed by atoms with E-state index in [0.717, 1.165) is 12.8 Å². The van der Waals surface area contributed by atoms with E-state index in [4.69, 9.17) is 4.74 Å². The third-order valence-electron chi connectivity index (χ3n) is 3.29. The van der Waals surface area contributed by atoms with Crippen LogP contribution in [-0.2, 0) is 19.1 Å². The van der Waals surface area contributed by atoms with E-state index in [1.54, 1.807) is 20.8 Å². The predicted octanol–water partition coefficient (Wildman–Crippen LogP) is 1.46. The number of methoxy groups -OCH3 is 1. The lowest BCUT2D eigenvalue weighted by atomic mass is 10.0. The molecule has 0 aliphatic carbocycles. The Morgan fingerprint density at radius 1 is 1.23 bits per heavy atom. The van der Waals surface area contributed by atoms with Gasteiger partial charge >= 0.3 is 12.1 Å². The fraction of sp³-hybridized carbons (Fsp3) is 0.800. The normalized spacial score (nSPS) is 18.5. The van der Waals surface area contributed by atoms with Crippen LogP contribution in [0.3, 0.4) is 0 Å². The van der Waals surface area contributed by atoms with Crippen molar-refractivity contribution in [2.75, 3.05) is 20.2 Å². The SMILES string of the molecule is COC(=O)CCNC(=O)C1CCCCN1C(=O)OC(C)(C)C. The standard InChI is InChI=1S/C15H26N2O5/c1-15(2,3)22-14(20)17-10-6-5-7-11(17)13(19)16-9-8-12(18)21-4/h11H,5-10H2,1-4H3,(H,16,19). The lowest BCUT2D eigenvalue weighted by Crippen LogP contribution is -2.53. The van der Waals surface area contributed by atoms with E-state index in [2.05, 4.69) is 10.1 Å². The number of hydrogen-bond donors (Lipinski definition) is 1. The van der Waals surface area contributed by atoms with Crippen LogP contribution in [0.1, 0.15) is 46.5 Å². The van der Waals surface area contributed by atoms with Crippen molar-refractivity contribution in [1.29, 1.82) is 0 Å². The zero-order valence-electron chi connectivity index (χ0n) is 13.8. The molecular weight excluding hydrogens is 288 g/mol.